The second-order valence-electron chi connectivity index (χ2n) is 5.10. The third-order valence-electron chi connectivity index (χ3n) is 3.41. The van der Waals surface area contributed by atoms with Crippen LogP contribution in [-0.4, -0.2) is 37.0 Å². The second kappa shape index (κ2) is 5.87. The number of anilines is 1. The number of nitrogens with zero attached hydrogens (tertiary/aromatic N) is 2. The van der Waals surface area contributed by atoms with Crippen LogP contribution in [0.3, 0.4) is 0 Å². The first-order valence-electron chi connectivity index (χ1n) is 6.49. The van der Waals surface area contributed by atoms with Gasteiger partial charge in [0.05, 0.1) is 6.04 Å². The SMILES string of the molecule is CC1CN(C)CCC1N=C(N)Nc1ccccc1. The normalized spacial score (nSPS) is 26.0. The minimum atomic E-state index is 0.331. The molecule has 1 heterocycles. The summed E-state index contributed by atoms with van der Waals surface area (Å²) in [6.45, 7) is 4.42. The first kappa shape index (κ1) is 12.9. The van der Waals surface area contributed by atoms with Gasteiger partial charge in [-0.1, -0.05) is 25.1 Å². The number of aliphatic imine (C=N–C) groups is 1. The van der Waals surface area contributed by atoms with Crippen LogP contribution >= 0.6 is 0 Å². The summed E-state index contributed by atoms with van der Waals surface area (Å²) in [6.07, 6.45) is 1.08. The van der Waals surface area contributed by atoms with Gasteiger partial charge in [0.25, 0.3) is 0 Å². The summed E-state index contributed by atoms with van der Waals surface area (Å²) >= 11 is 0. The van der Waals surface area contributed by atoms with Gasteiger partial charge in [-0.3, -0.25) is 0 Å². The smallest absolute Gasteiger partial charge is 0.193 e. The summed E-state index contributed by atoms with van der Waals surface area (Å²) in [7, 11) is 2.15. The molecule has 0 radical (unpaired) electrons. The molecule has 0 aliphatic carbocycles. The lowest BCUT2D eigenvalue weighted by atomic mass is 9.95. The Morgan fingerprint density at radius 1 is 1.39 bits per heavy atom. The second-order valence-corrected chi connectivity index (χ2v) is 5.10. The van der Waals surface area contributed by atoms with Crippen LogP contribution in [0.5, 0.6) is 0 Å². The van der Waals surface area contributed by atoms with Crippen LogP contribution in [0.4, 0.5) is 5.69 Å². The lowest BCUT2D eigenvalue weighted by Gasteiger charge is -2.32. The molecule has 1 fully saturated rings. The van der Waals surface area contributed by atoms with E-state index in [-0.39, 0.29) is 0 Å². The van der Waals surface area contributed by atoms with Crippen LogP contribution in [0.25, 0.3) is 0 Å². The molecule has 2 unspecified atom stereocenters. The lowest BCUT2D eigenvalue weighted by molar-refractivity contribution is 0.198. The number of rotatable bonds is 2. The van der Waals surface area contributed by atoms with E-state index in [9.17, 15) is 0 Å². The maximum atomic E-state index is 5.96. The van der Waals surface area contributed by atoms with E-state index in [1.54, 1.807) is 0 Å². The molecular formula is C14H22N4. The Morgan fingerprint density at radius 2 is 2.11 bits per heavy atom. The monoisotopic (exact) mass is 246 g/mol. The van der Waals surface area contributed by atoms with Gasteiger partial charge in [-0.15, -0.1) is 0 Å². The minimum Gasteiger partial charge on any atom is -0.370 e. The van der Waals surface area contributed by atoms with Crippen LogP contribution in [-0.2, 0) is 0 Å². The molecule has 2 atom stereocenters. The molecule has 1 aliphatic rings. The summed E-state index contributed by atoms with van der Waals surface area (Å²) < 4.78 is 0. The van der Waals surface area contributed by atoms with Crippen molar-refractivity contribution in [3.05, 3.63) is 30.3 Å². The number of benzene rings is 1. The molecule has 1 aliphatic heterocycles. The number of hydrogen-bond donors (Lipinski definition) is 2. The molecule has 1 aromatic carbocycles. The highest BCUT2D eigenvalue weighted by Gasteiger charge is 2.23. The first-order valence-corrected chi connectivity index (χ1v) is 6.49. The molecule has 1 aromatic rings. The van der Waals surface area contributed by atoms with Crippen molar-refractivity contribution in [3.8, 4) is 0 Å². The fourth-order valence-electron chi connectivity index (χ4n) is 2.41. The zero-order valence-corrected chi connectivity index (χ0v) is 11.1. The molecule has 18 heavy (non-hydrogen) atoms. The fraction of sp³-hybridized carbons (Fsp3) is 0.500. The van der Waals surface area contributed by atoms with E-state index in [4.69, 9.17) is 5.73 Å². The molecule has 4 nitrogen and oxygen atoms in total. The number of likely N-dealkylation sites (tertiary alicyclic amines) is 1. The molecule has 0 spiro atoms. The van der Waals surface area contributed by atoms with E-state index >= 15 is 0 Å². The van der Waals surface area contributed by atoms with Crippen molar-refractivity contribution in [1.29, 1.82) is 0 Å². The highest BCUT2D eigenvalue weighted by atomic mass is 15.1. The van der Waals surface area contributed by atoms with Gasteiger partial charge in [0.2, 0.25) is 0 Å². The fourth-order valence-corrected chi connectivity index (χ4v) is 2.41. The van der Waals surface area contributed by atoms with Crippen molar-refractivity contribution in [3.63, 3.8) is 0 Å². The van der Waals surface area contributed by atoms with Crippen LogP contribution in [0, 0.1) is 5.92 Å². The molecule has 3 N–H and O–H groups in total. The number of para-hydroxylation sites is 1. The van der Waals surface area contributed by atoms with Gasteiger partial charge in [-0.25, -0.2) is 4.99 Å². The maximum absolute atomic E-state index is 5.96. The Labute approximate surface area is 109 Å². The van der Waals surface area contributed by atoms with E-state index < -0.39 is 0 Å². The van der Waals surface area contributed by atoms with Gasteiger partial charge in [-0.05, 0) is 38.1 Å². The lowest BCUT2D eigenvalue weighted by Crippen LogP contribution is -2.40. The molecule has 98 valence electrons. The Balaban J connectivity index is 1.96. The molecule has 0 aromatic heterocycles. The number of nitrogens with one attached hydrogen (secondary N) is 1. The van der Waals surface area contributed by atoms with Gasteiger partial charge < -0.3 is 16.0 Å². The van der Waals surface area contributed by atoms with Crippen molar-refractivity contribution in [2.75, 3.05) is 25.5 Å². The largest absolute Gasteiger partial charge is 0.370 e. The topological polar surface area (TPSA) is 53.6 Å². The van der Waals surface area contributed by atoms with Gasteiger partial charge in [0.1, 0.15) is 0 Å². The Morgan fingerprint density at radius 3 is 2.78 bits per heavy atom. The molecule has 2 rings (SSSR count). The van der Waals surface area contributed by atoms with Crippen molar-refractivity contribution >= 4 is 11.6 Å². The Kier molecular flexibility index (Phi) is 4.20. The van der Waals surface area contributed by atoms with E-state index in [1.807, 2.05) is 30.3 Å². The van der Waals surface area contributed by atoms with Crippen LogP contribution in [0.15, 0.2) is 35.3 Å². The maximum Gasteiger partial charge on any atom is 0.193 e. The standard InChI is InChI=1S/C14H22N4/c1-11-10-18(2)9-8-13(11)17-14(15)16-12-6-4-3-5-7-12/h3-7,11,13H,8-10H2,1-2H3,(H3,15,16,17). The zero-order valence-electron chi connectivity index (χ0n) is 11.1. The molecule has 1 saturated heterocycles. The molecular weight excluding hydrogens is 224 g/mol. The van der Waals surface area contributed by atoms with Gasteiger partial charge in [0, 0.05) is 12.2 Å². The predicted molar refractivity (Wildman–Crippen MR) is 76.8 cm³/mol. The third kappa shape index (κ3) is 3.47. The number of nitrogens with two attached hydrogens (primary N) is 1. The van der Waals surface area contributed by atoms with Crippen molar-refractivity contribution < 1.29 is 0 Å². The van der Waals surface area contributed by atoms with Crippen LogP contribution < -0.4 is 11.1 Å². The molecule has 0 saturated carbocycles. The quantitative estimate of drug-likeness (QED) is 0.617. The summed E-state index contributed by atoms with van der Waals surface area (Å²) in [4.78, 5) is 6.95. The highest BCUT2D eigenvalue weighted by Crippen LogP contribution is 2.18. The van der Waals surface area contributed by atoms with Crippen molar-refractivity contribution in [2.24, 2.45) is 16.6 Å². The Bertz CT molecular complexity index is 402. The van der Waals surface area contributed by atoms with Crippen molar-refractivity contribution in [2.45, 2.75) is 19.4 Å². The van der Waals surface area contributed by atoms with E-state index in [0.717, 1.165) is 25.2 Å². The number of piperidine rings is 1. The highest BCUT2D eigenvalue weighted by molar-refractivity contribution is 5.92. The molecule has 0 bridgehead atoms. The van der Waals surface area contributed by atoms with E-state index in [1.165, 1.54) is 0 Å². The summed E-state index contributed by atoms with van der Waals surface area (Å²) in [5.74, 6) is 1.07. The number of guanidine groups is 1. The van der Waals surface area contributed by atoms with Gasteiger partial charge in [0.15, 0.2) is 5.96 Å². The Hall–Kier alpha value is -1.55. The molecule has 0 amide bonds. The summed E-state index contributed by atoms with van der Waals surface area (Å²) in [5.41, 5.74) is 6.94. The average Bonchev–Trinajstić information content (AvgIpc) is 2.34. The van der Waals surface area contributed by atoms with Gasteiger partial charge in [-0.2, -0.15) is 0 Å². The number of hydrogen-bond acceptors (Lipinski definition) is 2. The first-order chi connectivity index (χ1) is 8.65. The van der Waals surface area contributed by atoms with Crippen molar-refractivity contribution in [1.82, 2.24) is 4.90 Å². The minimum absolute atomic E-state index is 0.331. The van der Waals surface area contributed by atoms with E-state index in [2.05, 4.69) is 29.2 Å². The predicted octanol–water partition coefficient (Wildman–Crippen LogP) is 1.75. The van der Waals surface area contributed by atoms with Crippen LogP contribution in [0.1, 0.15) is 13.3 Å². The average molecular weight is 246 g/mol. The summed E-state index contributed by atoms with van der Waals surface area (Å²) in [6, 6.07) is 10.2. The van der Waals surface area contributed by atoms with Gasteiger partial charge >= 0.3 is 0 Å². The van der Waals surface area contributed by atoms with E-state index in [0.29, 0.717) is 17.9 Å². The molecule has 4 heteroatoms. The zero-order chi connectivity index (χ0) is 13.0. The van der Waals surface area contributed by atoms with Crippen LogP contribution in [0.2, 0.25) is 0 Å². The third-order valence-corrected chi connectivity index (χ3v) is 3.41. The summed E-state index contributed by atoms with van der Waals surface area (Å²) in [5, 5.41) is 3.14.